The molecule has 7 nitrogen and oxygen atoms in total. The summed E-state index contributed by atoms with van der Waals surface area (Å²) in [6.07, 6.45) is 0.623. The summed E-state index contributed by atoms with van der Waals surface area (Å²) in [6, 6.07) is 10.9. The van der Waals surface area contributed by atoms with Crippen molar-refractivity contribution in [2.24, 2.45) is 13.0 Å². The number of benzene rings is 2. The molecule has 1 unspecified atom stereocenters. The van der Waals surface area contributed by atoms with Crippen LogP contribution in [0.1, 0.15) is 28.0 Å². The molecule has 2 saturated heterocycles. The van der Waals surface area contributed by atoms with Gasteiger partial charge in [0.15, 0.2) is 0 Å². The monoisotopic (exact) mass is 516 g/mol. The molecular weight excluding hydrogens is 491 g/mol. The van der Waals surface area contributed by atoms with Crippen LogP contribution in [0.15, 0.2) is 43.0 Å². The van der Waals surface area contributed by atoms with Crippen LogP contribution in [0.2, 0.25) is 10.0 Å². The van der Waals surface area contributed by atoms with Gasteiger partial charge in [0.1, 0.15) is 22.2 Å². The van der Waals surface area contributed by atoms with Crippen molar-refractivity contribution in [1.29, 1.82) is 0 Å². The highest BCUT2D eigenvalue weighted by Gasteiger charge is 2.39. The number of nitrogens with zero attached hydrogens (tertiary/aromatic N) is 1. The SMILES string of the molecule is C=C(O)c1ccc(C2(NC(=O)c3cc4c(Cl)c(Cl)c(OCC5COC5)cc4n3C)CCOC2)cc1. The lowest BCUT2D eigenvalue weighted by molar-refractivity contribution is -0.0508. The van der Waals surface area contributed by atoms with Crippen LogP contribution in [0.3, 0.4) is 0 Å². The molecule has 2 aliphatic rings. The lowest BCUT2D eigenvalue weighted by Crippen LogP contribution is -2.47. The number of hydrogen-bond acceptors (Lipinski definition) is 5. The molecule has 0 bridgehead atoms. The van der Waals surface area contributed by atoms with Crippen molar-refractivity contribution < 1.29 is 24.1 Å². The second-order valence-corrected chi connectivity index (χ2v) is 9.86. The number of aliphatic hydroxyl groups is 1. The van der Waals surface area contributed by atoms with Crippen LogP contribution in [-0.4, -0.2) is 48.6 Å². The Morgan fingerprint density at radius 1 is 1.23 bits per heavy atom. The highest BCUT2D eigenvalue weighted by atomic mass is 35.5. The van der Waals surface area contributed by atoms with Gasteiger partial charge in [-0.25, -0.2) is 0 Å². The summed E-state index contributed by atoms with van der Waals surface area (Å²) in [5, 5.41) is 14.2. The van der Waals surface area contributed by atoms with E-state index in [1.165, 1.54) is 0 Å². The smallest absolute Gasteiger partial charge is 0.268 e. The number of hydrogen-bond donors (Lipinski definition) is 2. The van der Waals surface area contributed by atoms with Gasteiger partial charge in [-0.05, 0) is 11.6 Å². The molecule has 9 heteroatoms. The zero-order valence-corrected chi connectivity index (χ0v) is 20.8. The van der Waals surface area contributed by atoms with E-state index >= 15 is 0 Å². The fraction of sp³-hybridized carbons (Fsp3) is 0.346. The van der Waals surface area contributed by atoms with Gasteiger partial charge in [0.25, 0.3) is 5.91 Å². The lowest BCUT2D eigenvalue weighted by Gasteiger charge is -2.29. The fourth-order valence-electron chi connectivity index (χ4n) is 4.52. The quantitative estimate of drug-likeness (QED) is 0.427. The maximum atomic E-state index is 13.5. The van der Waals surface area contributed by atoms with Gasteiger partial charge in [-0.1, -0.05) is 54.0 Å². The van der Waals surface area contributed by atoms with Crippen LogP contribution >= 0.6 is 23.2 Å². The molecule has 2 fully saturated rings. The second-order valence-electron chi connectivity index (χ2n) is 9.10. The van der Waals surface area contributed by atoms with E-state index in [0.29, 0.717) is 77.8 Å². The number of aryl methyl sites for hydroxylation is 1. The van der Waals surface area contributed by atoms with E-state index < -0.39 is 5.54 Å². The molecule has 2 aliphatic heterocycles. The molecule has 0 aliphatic carbocycles. The van der Waals surface area contributed by atoms with Gasteiger partial charge >= 0.3 is 0 Å². The molecule has 1 atom stereocenters. The van der Waals surface area contributed by atoms with Crippen molar-refractivity contribution in [3.63, 3.8) is 0 Å². The van der Waals surface area contributed by atoms with Crippen LogP contribution in [0.5, 0.6) is 5.75 Å². The van der Waals surface area contributed by atoms with Gasteiger partial charge in [-0.2, -0.15) is 0 Å². The van der Waals surface area contributed by atoms with E-state index in [2.05, 4.69) is 11.9 Å². The molecule has 0 saturated carbocycles. The van der Waals surface area contributed by atoms with Crippen LogP contribution in [0.25, 0.3) is 16.7 Å². The van der Waals surface area contributed by atoms with Crippen LogP contribution < -0.4 is 10.1 Å². The maximum Gasteiger partial charge on any atom is 0.268 e. The molecule has 0 spiro atoms. The first kappa shape index (κ1) is 24.0. The third kappa shape index (κ3) is 4.38. The number of aliphatic hydroxyl groups excluding tert-OH is 1. The van der Waals surface area contributed by atoms with E-state index in [4.69, 9.17) is 37.4 Å². The minimum Gasteiger partial charge on any atom is -0.508 e. The van der Waals surface area contributed by atoms with Gasteiger partial charge in [0.2, 0.25) is 0 Å². The molecule has 184 valence electrons. The summed E-state index contributed by atoms with van der Waals surface area (Å²) in [4.78, 5) is 13.5. The summed E-state index contributed by atoms with van der Waals surface area (Å²) in [5.74, 6) is 0.555. The largest absolute Gasteiger partial charge is 0.508 e. The van der Waals surface area contributed by atoms with Gasteiger partial charge in [-0.3, -0.25) is 4.79 Å². The Balaban J connectivity index is 1.44. The molecule has 0 radical (unpaired) electrons. The number of carbonyl (C=O) groups is 1. The zero-order chi connectivity index (χ0) is 24.7. The van der Waals surface area contributed by atoms with Crippen molar-refractivity contribution in [1.82, 2.24) is 9.88 Å². The molecular formula is C26H26Cl2N2O5. The summed E-state index contributed by atoms with van der Waals surface area (Å²) >= 11 is 13.1. The average molecular weight is 517 g/mol. The van der Waals surface area contributed by atoms with Crippen LogP contribution in [0.4, 0.5) is 0 Å². The third-order valence-corrected chi connectivity index (χ3v) is 7.62. The number of carbonyl (C=O) groups excluding carboxylic acids is 1. The van der Waals surface area contributed by atoms with Crippen molar-refractivity contribution in [2.45, 2.75) is 12.0 Å². The Hall–Kier alpha value is -2.71. The molecule has 2 aromatic carbocycles. The fourth-order valence-corrected chi connectivity index (χ4v) is 4.98. The Morgan fingerprint density at radius 3 is 2.57 bits per heavy atom. The number of fused-ring (bicyclic) bond motifs is 1. The molecule has 3 aromatic rings. The average Bonchev–Trinajstić information content (AvgIpc) is 3.41. The standard InChI is InChI=1S/C26H26Cl2N2O5/c1-15(31)17-3-5-18(6-4-17)26(7-8-33-14-26)29-25(32)21-9-19-20(30(21)2)10-22(24(28)23(19)27)35-13-16-11-34-12-16/h3-6,9-10,16,31H,1,7-8,11-14H2,2H3,(H,29,32). The molecule has 3 heterocycles. The molecule has 5 rings (SSSR count). The van der Waals surface area contributed by atoms with E-state index in [1.54, 1.807) is 22.8 Å². The van der Waals surface area contributed by atoms with Gasteiger partial charge in [0, 0.05) is 43.0 Å². The first-order chi connectivity index (χ1) is 16.8. The maximum absolute atomic E-state index is 13.5. The molecule has 35 heavy (non-hydrogen) atoms. The molecule has 1 aromatic heterocycles. The zero-order valence-electron chi connectivity index (χ0n) is 19.3. The number of rotatable bonds is 7. The van der Waals surface area contributed by atoms with E-state index in [1.807, 2.05) is 25.2 Å². The molecule has 2 N–H and O–H groups in total. The minimum atomic E-state index is -0.691. The number of amides is 1. The van der Waals surface area contributed by atoms with Gasteiger partial charge in [-0.15, -0.1) is 0 Å². The number of halogens is 2. The summed E-state index contributed by atoms with van der Waals surface area (Å²) in [6.45, 7) is 6.26. The van der Waals surface area contributed by atoms with E-state index in [0.717, 1.165) is 11.1 Å². The van der Waals surface area contributed by atoms with Crippen LogP contribution in [0, 0.1) is 5.92 Å². The summed E-state index contributed by atoms with van der Waals surface area (Å²) in [5.41, 5.74) is 2.01. The predicted octanol–water partition coefficient (Wildman–Crippen LogP) is 5.08. The summed E-state index contributed by atoms with van der Waals surface area (Å²) < 4.78 is 18.6. The van der Waals surface area contributed by atoms with E-state index in [-0.39, 0.29) is 11.7 Å². The number of nitrogens with one attached hydrogen (secondary N) is 1. The second kappa shape index (κ2) is 9.39. The Morgan fingerprint density at radius 2 is 1.97 bits per heavy atom. The van der Waals surface area contributed by atoms with Gasteiger partial charge in [0.05, 0.1) is 42.5 Å². The Kier molecular flexibility index (Phi) is 6.44. The predicted molar refractivity (Wildman–Crippen MR) is 135 cm³/mol. The van der Waals surface area contributed by atoms with Crippen molar-refractivity contribution in [2.75, 3.05) is 33.0 Å². The minimum absolute atomic E-state index is 0.00674. The number of aromatic nitrogens is 1. The first-order valence-corrected chi connectivity index (χ1v) is 12.1. The van der Waals surface area contributed by atoms with Crippen molar-refractivity contribution >= 4 is 45.8 Å². The topological polar surface area (TPSA) is 82.0 Å². The normalized spacial score (nSPS) is 20.1. The van der Waals surface area contributed by atoms with Crippen LogP contribution in [-0.2, 0) is 22.1 Å². The van der Waals surface area contributed by atoms with Crippen molar-refractivity contribution in [3.8, 4) is 5.75 Å². The summed E-state index contributed by atoms with van der Waals surface area (Å²) in [7, 11) is 1.81. The highest BCUT2D eigenvalue weighted by molar-refractivity contribution is 6.46. The third-order valence-electron chi connectivity index (χ3n) is 6.75. The van der Waals surface area contributed by atoms with E-state index in [9.17, 15) is 9.90 Å². The lowest BCUT2D eigenvalue weighted by atomic mass is 9.88. The molecule has 1 amide bonds. The first-order valence-electron chi connectivity index (χ1n) is 11.4. The number of ether oxygens (including phenoxy) is 3. The Bertz CT molecular complexity index is 1290. The van der Waals surface area contributed by atoms with Crippen molar-refractivity contribution in [3.05, 3.63) is 69.8 Å². The Labute approximate surface area is 213 Å². The van der Waals surface area contributed by atoms with Gasteiger partial charge < -0.3 is 29.2 Å². The highest BCUT2D eigenvalue weighted by Crippen LogP contribution is 2.40.